The van der Waals surface area contributed by atoms with Crippen LogP contribution in [0.1, 0.15) is 65.3 Å². The summed E-state index contributed by atoms with van der Waals surface area (Å²) in [4.78, 5) is 27.2. The van der Waals surface area contributed by atoms with Crippen molar-refractivity contribution in [2.45, 2.75) is 44.6 Å². The lowest BCUT2D eigenvalue weighted by Crippen LogP contribution is -2.31. The number of pyridine rings is 1. The minimum absolute atomic E-state index is 0.118. The van der Waals surface area contributed by atoms with Crippen molar-refractivity contribution in [1.82, 2.24) is 20.1 Å². The Bertz CT molecular complexity index is 1620. The number of nitrogens with zero attached hydrogens (tertiary/aromatic N) is 2. The summed E-state index contributed by atoms with van der Waals surface area (Å²) in [5, 5.41) is 17.6. The number of hydrogen-bond donors (Lipinski definition) is 3. The number of carbonyl (C=O) groups excluding carboxylic acids is 1. The number of halogens is 1. The first-order chi connectivity index (χ1) is 18.9. The molecule has 2 heterocycles. The van der Waals surface area contributed by atoms with Crippen LogP contribution in [0.15, 0.2) is 88.9 Å². The maximum Gasteiger partial charge on any atom is 0.252 e. The third kappa shape index (κ3) is 4.78. The van der Waals surface area contributed by atoms with Gasteiger partial charge in [-0.1, -0.05) is 48.4 Å². The number of hydrogen-bond acceptors (Lipinski definition) is 4. The van der Waals surface area contributed by atoms with E-state index in [9.17, 15) is 19.1 Å². The maximum absolute atomic E-state index is 13.5. The third-order valence-corrected chi connectivity index (χ3v) is 8.05. The highest BCUT2D eigenvalue weighted by molar-refractivity contribution is 5.94. The van der Waals surface area contributed by atoms with E-state index in [0.717, 1.165) is 42.6 Å². The number of allylic oxidation sites excluding steroid dienone is 2. The van der Waals surface area contributed by atoms with E-state index in [2.05, 4.69) is 22.3 Å². The van der Waals surface area contributed by atoms with E-state index in [0.29, 0.717) is 0 Å². The molecule has 4 aromatic rings. The van der Waals surface area contributed by atoms with Crippen molar-refractivity contribution < 1.29 is 14.3 Å². The number of aromatic hydroxyl groups is 1. The standard InChI is InChI=1S/C31H29FN4O3/c1-18-25-17-33-36(24-11-9-23(32)10-12-24)27(25)14-21-8-7-20(30(18)21)13-26(19-5-3-2-4-6-19)34-31(39)22-15-28(37)35-29(38)16-22/h2-6,9-12,15-18,20,26H,7-8,13-14H2,1H3,(H,34,39)(H2,35,37,38)/t18-,20+,26?/m0/s1. The van der Waals surface area contributed by atoms with Gasteiger partial charge in [-0.25, -0.2) is 9.07 Å². The Hall–Kier alpha value is -4.46. The summed E-state index contributed by atoms with van der Waals surface area (Å²) in [5.41, 5.74) is 6.59. The Morgan fingerprint density at radius 1 is 1.18 bits per heavy atom. The van der Waals surface area contributed by atoms with E-state index in [4.69, 9.17) is 0 Å². The molecule has 0 fully saturated rings. The normalized spacial score (nSPS) is 18.9. The van der Waals surface area contributed by atoms with Gasteiger partial charge < -0.3 is 10.4 Å². The molecule has 0 saturated heterocycles. The SMILES string of the molecule is C[C@@H]1C2=C(CC[C@@H]2CC(NC(=O)c2cc(O)[nH]c(=O)c2)c2ccccc2)Cc2c1cnn2-c1ccc(F)cc1. The average molecular weight is 525 g/mol. The Morgan fingerprint density at radius 2 is 1.95 bits per heavy atom. The van der Waals surface area contributed by atoms with Gasteiger partial charge in [0.25, 0.3) is 11.5 Å². The van der Waals surface area contributed by atoms with Gasteiger partial charge in [-0.2, -0.15) is 5.10 Å². The molecule has 2 aliphatic rings. The first kappa shape index (κ1) is 24.9. The zero-order valence-electron chi connectivity index (χ0n) is 21.5. The number of rotatable bonds is 6. The molecule has 0 radical (unpaired) electrons. The van der Waals surface area contributed by atoms with Crippen LogP contribution >= 0.6 is 0 Å². The van der Waals surface area contributed by atoms with E-state index in [1.54, 1.807) is 12.1 Å². The molecule has 2 aromatic heterocycles. The molecule has 3 N–H and O–H groups in total. The third-order valence-electron chi connectivity index (χ3n) is 8.05. The number of carbonyl (C=O) groups is 1. The van der Waals surface area contributed by atoms with Gasteiger partial charge in [0.1, 0.15) is 5.82 Å². The van der Waals surface area contributed by atoms with Crippen molar-refractivity contribution in [1.29, 1.82) is 0 Å². The van der Waals surface area contributed by atoms with Crippen LogP contribution in [0.2, 0.25) is 0 Å². The second-order valence-electron chi connectivity index (χ2n) is 10.4. The summed E-state index contributed by atoms with van der Waals surface area (Å²) in [5.74, 6) is -0.565. The van der Waals surface area contributed by atoms with Crippen LogP contribution in [-0.2, 0) is 6.42 Å². The van der Waals surface area contributed by atoms with Gasteiger partial charge in [0, 0.05) is 30.0 Å². The molecular weight excluding hydrogens is 495 g/mol. The molecule has 0 aliphatic heterocycles. The Kier molecular flexibility index (Phi) is 6.38. The lowest BCUT2D eigenvalue weighted by molar-refractivity contribution is 0.0931. The van der Waals surface area contributed by atoms with E-state index >= 15 is 0 Å². The van der Waals surface area contributed by atoms with Crippen LogP contribution in [0.4, 0.5) is 4.39 Å². The highest BCUT2D eigenvalue weighted by atomic mass is 19.1. The summed E-state index contributed by atoms with van der Waals surface area (Å²) < 4.78 is 15.4. The quantitative estimate of drug-likeness (QED) is 0.297. The molecule has 1 amide bonds. The largest absolute Gasteiger partial charge is 0.494 e. The van der Waals surface area contributed by atoms with Crippen molar-refractivity contribution in [2.24, 2.45) is 5.92 Å². The highest BCUT2D eigenvalue weighted by Gasteiger charge is 2.37. The second kappa shape index (κ2) is 10.0. The summed E-state index contributed by atoms with van der Waals surface area (Å²) in [6, 6.07) is 18.4. The topological polar surface area (TPSA) is 100 Å². The van der Waals surface area contributed by atoms with Crippen LogP contribution in [0, 0.1) is 11.7 Å². The number of fused-ring (bicyclic) bond motifs is 1. The van der Waals surface area contributed by atoms with E-state index in [-0.39, 0.29) is 35.1 Å². The number of benzene rings is 2. The highest BCUT2D eigenvalue weighted by Crippen LogP contribution is 2.49. The summed E-state index contributed by atoms with van der Waals surface area (Å²) >= 11 is 0. The lowest BCUT2D eigenvalue weighted by Gasteiger charge is -2.30. The van der Waals surface area contributed by atoms with Crippen molar-refractivity contribution in [3.05, 3.63) is 123 Å². The molecule has 0 spiro atoms. The first-order valence-electron chi connectivity index (χ1n) is 13.2. The molecule has 7 nitrogen and oxygen atoms in total. The van der Waals surface area contributed by atoms with Gasteiger partial charge in [-0.15, -0.1) is 0 Å². The molecule has 1 unspecified atom stereocenters. The number of aromatic nitrogens is 3. The zero-order chi connectivity index (χ0) is 27.1. The van der Waals surface area contributed by atoms with Gasteiger partial charge in [-0.05, 0) is 55.0 Å². The van der Waals surface area contributed by atoms with Crippen LogP contribution in [0.5, 0.6) is 5.88 Å². The summed E-state index contributed by atoms with van der Waals surface area (Å²) in [7, 11) is 0. The average Bonchev–Trinajstić information content (AvgIpc) is 3.53. The van der Waals surface area contributed by atoms with Gasteiger partial charge >= 0.3 is 0 Å². The van der Waals surface area contributed by atoms with Crippen LogP contribution in [-0.4, -0.2) is 25.8 Å². The Labute approximate surface area is 225 Å². The fourth-order valence-electron chi connectivity index (χ4n) is 6.28. The summed E-state index contributed by atoms with van der Waals surface area (Å²) in [6.07, 6.45) is 5.43. The minimum atomic E-state index is -0.532. The molecule has 39 heavy (non-hydrogen) atoms. The van der Waals surface area contributed by atoms with Crippen molar-refractivity contribution >= 4 is 5.91 Å². The molecule has 2 aromatic carbocycles. The molecule has 198 valence electrons. The van der Waals surface area contributed by atoms with Crippen LogP contribution < -0.4 is 10.9 Å². The zero-order valence-corrected chi connectivity index (χ0v) is 21.5. The van der Waals surface area contributed by atoms with E-state index < -0.39 is 11.5 Å². The van der Waals surface area contributed by atoms with E-state index in [1.165, 1.54) is 41.0 Å². The molecule has 2 aliphatic carbocycles. The molecule has 0 bridgehead atoms. The van der Waals surface area contributed by atoms with Crippen LogP contribution in [0.3, 0.4) is 0 Å². The first-order valence-corrected chi connectivity index (χ1v) is 13.2. The predicted octanol–water partition coefficient (Wildman–Crippen LogP) is 5.33. The number of aromatic amines is 1. The Balaban J connectivity index is 1.27. The van der Waals surface area contributed by atoms with Gasteiger partial charge in [0.05, 0.1) is 29.2 Å². The fourth-order valence-corrected chi connectivity index (χ4v) is 6.28. The monoisotopic (exact) mass is 524 g/mol. The molecular formula is C31H29FN4O3. The number of nitrogens with one attached hydrogen (secondary N) is 2. The van der Waals surface area contributed by atoms with Gasteiger partial charge in [-0.3, -0.25) is 14.6 Å². The van der Waals surface area contributed by atoms with Gasteiger partial charge in [0.15, 0.2) is 5.88 Å². The smallest absolute Gasteiger partial charge is 0.252 e. The maximum atomic E-state index is 13.5. The minimum Gasteiger partial charge on any atom is -0.494 e. The van der Waals surface area contributed by atoms with Crippen LogP contribution in [0.25, 0.3) is 5.69 Å². The molecule has 0 saturated carbocycles. The van der Waals surface area contributed by atoms with Crippen molar-refractivity contribution in [3.63, 3.8) is 0 Å². The van der Waals surface area contributed by atoms with Crippen molar-refractivity contribution in [2.75, 3.05) is 0 Å². The lowest BCUT2D eigenvalue weighted by atomic mass is 9.77. The molecule has 8 heteroatoms. The van der Waals surface area contributed by atoms with E-state index in [1.807, 2.05) is 41.2 Å². The van der Waals surface area contributed by atoms with Gasteiger partial charge in [0.2, 0.25) is 0 Å². The molecule has 6 rings (SSSR count). The summed E-state index contributed by atoms with van der Waals surface area (Å²) in [6.45, 7) is 2.22. The molecule has 3 atom stereocenters. The predicted molar refractivity (Wildman–Crippen MR) is 145 cm³/mol. The number of amides is 1. The number of H-pyrrole nitrogens is 1. The Morgan fingerprint density at radius 3 is 2.69 bits per heavy atom. The fraction of sp³-hybridized carbons (Fsp3) is 0.258. The van der Waals surface area contributed by atoms with Crippen molar-refractivity contribution in [3.8, 4) is 11.6 Å². The second-order valence-corrected chi connectivity index (χ2v) is 10.4.